The summed E-state index contributed by atoms with van der Waals surface area (Å²) in [5.41, 5.74) is 2.12. The first-order valence-corrected chi connectivity index (χ1v) is 9.62. The SMILES string of the molecule is C=CC(=O)N1C[C@H](Nc2ncnc3[nH]cc(C4C[C@@H]4COC)c23)CC[C@@H]1C. The number of aromatic amines is 1. The average molecular weight is 369 g/mol. The maximum atomic E-state index is 12.1. The number of aromatic nitrogens is 3. The average Bonchev–Trinajstić information content (AvgIpc) is 3.30. The monoisotopic (exact) mass is 369 g/mol. The van der Waals surface area contributed by atoms with Crippen molar-refractivity contribution in [2.24, 2.45) is 5.92 Å². The zero-order valence-electron chi connectivity index (χ0n) is 15.9. The van der Waals surface area contributed by atoms with Gasteiger partial charge in [0.05, 0.1) is 5.39 Å². The van der Waals surface area contributed by atoms with Crippen molar-refractivity contribution >= 4 is 22.8 Å². The molecule has 144 valence electrons. The molecule has 2 aliphatic rings. The van der Waals surface area contributed by atoms with Gasteiger partial charge in [0, 0.05) is 38.5 Å². The lowest BCUT2D eigenvalue weighted by atomic mass is 9.99. The van der Waals surface area contributed by atoms with E-state index >= 15 is 0 Å². The number of rotatable bonds is 6. The molecule has 1 saturated heterocycles. The molecule has 4 rings (SSSR count). The predicted molar refractivity (Wildman–Crippen MR) is 105 cm³/mol. The van der Waals surface area contributed by atoms with Crippen molar-refractivity contribution < 1.29 is 9.53 Å². The van der Waals surface area contributed by atoms with Crippen LogP contribution in [0.15, 0.2) is 25.2 Å². The number of hydrogen-bond acceptors (Lipinski definition) is 5. The molecule has 2 fully saturated rings. The lowest BCUT2D eigenvalue weighted by molar-refractivity contribution is -0.129. The van der Waals surface area contributed by atoms with Gasteiger partial charge in [-0.05, 0) is 49.7 Å². The molecule has 0 radical (unpaired) electrons. The molecule has 1 unspecified atom stereocenters. The van der Waals surface area contributed by atoms with E-state index in [1.54, 1.807) is 13.4 Å². The zero-order valence-corrected chi connectivity index (χ0v) is 15.9. The standard InChI is InChI=1S/C20H27N5O2/c1-4-17(26)25-9-14(6-5-12(25)2)24-20-18-16(15-7-13(15)10-27-3)8-21-19(18)22-11-23-20/h4,8,11-15H,1,5-7,9-10H2,2-3H3,(H2,21,22,23,24)/t12-,13+,14+,15?/m0/s1. The van der Waals surface area contributed by atoms with Crippen LogP contribution in [0, 0.1) is 5.92 Å². The Morgan fingerprint density at radius 3 is 3.11 bits per heavy atom. The molecule has 7 nitrogen and oxygen atoms in total. The van der Waals surface area contributed by atoms with Gasteiger partial charge in [-0.1, -0.05) is 6.58 Å². The highest BCUT2D eigenvalue weighted by Crippen LogP contribution is 2.50. The Morgan fingerprint density at radius 2 is 2.33 bits per heavy atom. The van der Waals surface area contributed by atoms with E-state index in [0.29, 0.717) is 18.4 Å². The van der Waals surface area contributed by atoms with Crippen molar-refractivity contribution in [3.63, 3.8) is 0 Å². The predicted octanol–water partition coefficient (Wildman–Crippen LogP) is 2.69. The fourth-order valence-electron chi connectivity index (χ4n) is 4.26. The lowest BCUT2D eigenvalue weighted by Gasteiger charge is -2.38. The first kappa shape index (κ1) is 18.0. The van der Waals surface area contributed by atoms with E-state index in [2.05, 4.69) is 40.0 Å². The summed E-state index contributed by atoms with van der Waals surface area (Å²) in [5, 5.41) is 4.65. The van der Waals surface area contributed by atoms with E-state index in [1.165, 1.54) is 11.6 Å². The van der Waals surface area contributed by atoms with Crippen molar-refractivity contribution in [1.29, 1.82) is 0 Å². The molecule has 7 heteroatoms. The second kappa shape index (κ2) is 7.31. The van der Waals surface area contributed by atoms with Crippen LogP contribution in [0.2, 0.25) is 0 Å². The molecule has 2 aromatic rings. The Bertz CT molecular complexity index is 848. The van der Waals surface area contributed by atoms with Gasteiger partial charge in [0.2, 0.25) is 5.91 Å². The highest BCUT2D eigenvalue weighted by atomic mass is 16.5. The number of anilines is 1. The summed E-state index contributed by atoms with van der Waals surface area (Å²) >= 11 is 0. The molecule has 1 saturated carbocycles. The van der Waals surface area contributed by atoms with Gasteiger partial charge >= 0.3 is 0 Å². The van der Waals surface area contributed by atoms with E-state index < -0.39 is 0 Å². The highest BCUT2D eigenvalue weighted by molar-refractivity contribution is 5.91. The third-order valence-corrected chi connectivity index (χ3v) is 5.88. The van der Waals surface area contributed by atoms with Crippen LogP contribution in [-0.2, 0) is 9.53 Å². The summed E-state index contributed by atoms with van der Waals surface area (Å²) in [6.45, 7) is 7.16. The maximum absolute atomic E-state index is 12.1. The van der Waals surface area contributed by atoms with Crippen molar-refractivity contribution in [2.45, 2.75) is 44.2 Å². The van der Waals surface area contributed by atoms with Crippen LogP contribution in [0.5, 0.6) is 0 Å². The minimum atomic E-state index is -0.00967. The highest BCUT2D eigenvalue weighted by Gasteiger charge is 2.40. The van der Waals surface area contributed by atoms with Gasteiger partial charge in [-0.2, -0.15) is 0 Å². The number of likely N-dealkylation sites (tertiary alicyclic amines) is 1. The molecule has 0 spiro atoms. The van der Waals surface area contributed by atoms with E-state index in [1.807, 2.05) is 4.90 Å². The molecule has 0 bridgehead atoms. The Balaban J connectivity index is 1.56. The number of hydrogen-bond donors (Lipinski definition) is 2. The number of fused-ring (bicyclic) bond motifs is 1. The number of carbonyl (C=O) groups excluding carboxylic acids is 1. The van der Waals surface area contributed by atoms with E-state index in [9.17, 15) is 4.79 Å². The fourth-order valence-corrected chi connectivity index (χ4v) is 4.26. The Labute approximate surface area is 159 Å². The summed E-state index contributed by atoms with van der Waals surface area (Å²) in [4.78, 5) is 26.2. The molecule has 1 aliphatic heterocycles. The summed E-state index contributed by atoms with van der Waals surface area (Å²) in [6.07, 6.45) is 8.14. The molecule has 1 amide bonds. The van der Waals surface area contributed by atoms with Gasteiger partial charge in [-0.3, -0.25) is 4.79 Å². The third kappa shape index (κ3) is 3.43. The number of ether oxygens (including phenoxy) is 1. The minimum Gasteiger partial charge on any atom is -0.384 e. The molecule has 3 heterocycles. The minimum absolute atomic E-state index is 0.00967. The molecular weight excluding hydrogens is 342 g/mol. The largest absolute Gasteiger partial charge is 0.384 e. The van der Waals surface area contributed by atoms with E-state index in [-0.39, 0.29) is 18.0 Å². The van der Waals surface area contributed by atoms with E-state index in [0.717, 1.165) is 42.7 Å². The normalized spacial score (nSPS) is 27.6. The molecular formula is C20H27N5O2. The van der Waals surface area contributed by atoms with Gasteiger partial charge in [0.1, 0.15) is 17.8 Å². The third-order valence-electron chi connectivity index (χ3n) is 5.88. The Hall–Kier alpha value is -2.41. The number of nitrogens with zero attached hydrogens (tertiary/aromatic N) is 3. The van der Waals surface area contributed by atoms with Crippen LogP contribution in [0.3, 0.4) is 0 Å². The van der Waals surface area contributed by atoms with Gasteiger partial charge in [-0.15, -0.1) is 0 Å². The number of amides is 1. The maximum Gasteiger partial charge on any atom is 0.246 e. The van der Waals surface area contributed by atoms with Crippen molar-refractivity contribution in [3.05, 3.63) is 30.7 Å². The Kier molecular flexibility index (Phi) is 4.86. The number of H-pyrrole nitrogens is 1. The second-order valence-corrected chi connectivity index (χ2v) is 7.71. The number of carbonyl (C=O) groups is 1. The van der Waals surface area contributed by atoms with Crippen molar-refractivity contribution in [2.75, 3.05) is 25.6 Å². The summed E-state index contributed by atoms with van der Waals surface area (Å²) in [7, 11) is 1.75. The molecule has 2 N–H and O–H groups in total. The summed E-state index contributed by atoms with van der Waals surface area (Å²) in [6, 6.07) is 0.406. The van der Waals surface area contributed by atoms with Gasteiger partial charge in [0.25, 0.3) is 0 Å². The number of methoxy groups -OCH3 is 1. The second-order valence-electron chi connectivity index (χ2n) is 7.71. The number of piperidine rings is 1. The van der Waals surface area contributed by atoms with Crippen LogP contribution in [0.25, 0.3) is 11.0 Å². The quantitative estimate of drug-likeness (QED) is 0.765. The van der Waals surface area contributed by atoms with Crippen LogP contribution >= 0.6 is 0 Å². The molecule has 1 aliphatic carbocycles. The van der Waals surface area contributed by atoms with Gasteiger partial charge < -0.3 is 19.9 Å². The number of nitrogens with one attached hydrogen (secondary N) is 2. The zero-order chi connectivity index (χ0) is 19.0. The van der Waals surface area contributed by atoms with Crippen molar-refractivity contribution in [1.82, 2.24) is 19.9 Å². The summed E-state index contributed by atoms with van der Waals surface area (Å²) in [5.74, 6) is 1.91. The first-order chi connectivity index (χ1) is 13.1. The topological polar surface area (TPSA) is 83.1 Å². The first-order valence-electron chi connectivity index (χ1n) is 9.62. The van der Waals surface area contributed by atoms with Crippen LogP contribution in [0.4, 0.5) is 5.82 Å². The molecule has 4 atom stereocenters. The molecule has 27 heavy (non-hydrogen) atoms. The van der Waals surface area contributed by atoms with Crippen LogP contribution in [0.1, 0.15) is 37.7 Å². The van der Waals surface area contributed by atoms with Crippen LogP contribution in [-0.4, -0.2) is 58.1 Å². The van der Waals surface area contributed by atoms with Crippen molar-refractivity contribution in [3.8, 4) is 0 Å². The fraction of sp³-hybridized carbons (Fsp3) is 0.550. The smallest absolute Gasteiger partial charge is 0.246 e. The van der Waals surface area contributed by atoms with Gasteiger partial charge in [0.15, 0.2) is 0 Å². The molecule has 0 aromatic carbocycles. The Morgan fingerprint density at radius 1 is 1.48 bits per heavy atom. The molecule has 2 aromatic heterocycles. The lowest BCUT2D eigenvalue weighted by Crippen LogP contribution is -2.49. The van der Waals surface area contributed by atoms with Gasteiger partial charge in [-0.25, -0.2) is 9.97 Å². The summed E-state index contributed by atoms with van der Waals surface area (Å²) < 4.78 is 5.31. The van der Waals surface area contributed by atoms with Crippen LogP contribution < -0.4 is 5.32 Å². The van der Waals surface area contributed by atoms with E-state index in [4.69, 9.17) is 4.74 Å².